The number of rotatable bonds is 4. The number of hydrogen-bond acceptors (Lipinski definition) is 3. The molecule has 1 aromatic carbocycles. The number of nitrogens with one attached hydrogen (secondary N) is 1. The van der Waals surface area contributed by atoms with E-state index in [0.717, 1.165) is 36.3 Å². The Kier molecular flexibility index (Phi) is 2.75. The van der Waals surface area contributed by atoms with Crippen molar-refractivity contribution in [2.24, 2.45) is 23.7 Å². The summed E-state index contributed by atoms with van der Waals surface area (Å²) in [5.41, 5.74) is 1.81. The van der Waals surface area contributed by atoms with Crippen LogP contribution in [0.1, 0.15) is 30.4 Å². The molecule has 1 N–H and O–H groups in total. The summed E-state index contributed by atoms with van der Waals surface area (Å²) in [6, 6.07) is 8.84. The Morgan fingerprint density at radius 3 is 2.70 bits per heavy atom. The Morgan fingerprint density at radius 2 is 2.05 bits per heavy atom. The van der Waals surface area contributed by atoms with Gasteiger partial charge in [-0.25, -0.2) is 0 Å². The predicted octanol–water partition coefficient (Wildman–Crippen LogP) is 2.70. The van der Waals surface area contributed by atoms with Crippen molar-refractivity contribution in [3.63, 3.8) is 0 Å². The van der Waals surface area contributed by atoms with E-state index in [9.17, 15) is 0 Å². The summed E-state index contributed by atoms with van der Waals surface area (Å²) in [5, 5.41) is 12.8. The fourth-order valence-electron chi connectivity index (χ4n) is 4.79. The number of fused-ring (bicyclic) bond motifs is 5. The largest absolute Gasteiger partial charge is 0.495 e. The van der Waals surface area contributed by atoms with Gasteiger partial charge in [-0.1, -0.05) is 6.07 Å². The number of methoxy groups -OCH3 is 1. The van der Waals surface area contributed by atoms with Gasteiger partial charge in [0.05, 0.1) is 12.7 Å². The second kappa shape index (κ2) is 4.49. The molecule has 3 saturated carbocycles. The summed E-state index contributed by atoms with van der Waals surface area (Å²) in [6.07, 6.45) is 4.42. The number of nitriles is 1. The summed E-state index contributed by atoms with van der Waals surface area (Å²) >= 11 is 0. The van der Waals surface area contributed by atoms with E-state index < -0.39 is 0 Å². The van der Waals surface area contributed by atoms with Gasteiger partial charge in [-0.3, -0.25) is 0 Å². The van der Waals surface area contributed by atoms with Gasteiger partial charge in [-0.15, -0.1) is 0 Å². The Balaban J connectivity index is 1.40. The van der Waals surface area contributed by atoms with Crippen LogP contribution in [0.15, 0.2) is 18.2 Å². The van der Waals surface area contributed by atoms with Gasteiger partial charge >= 0.3 is 0 Å². The van der Waals surface area contributed by atoms with E-state index >= 15 is 0 Å². The zero-order valence-electron chi connectivity index (χ0n) is 11.8. The van der Waals surface area contributed by atoms with Crippen LogP contribution in [-0.4, -0.2) is 13.2 Å². The average Bonchev–Trinajstić information content (AvgIpc) is 2.87. The Hall–Kier alpha value is -1.53. The molecule has 4 atom stereocenters. The van der Waals surface area contributed by atoms with Crippen molar-refractivity contribution in [2.45, 2.75) is 31.8 Å². The van der Waals surface area contributed by atoms with Gasteiger partial charge < -0.3 is 10.1 Å². The summed E-state index contributed by atoms with van der Waals surface area (Å²) in [6.45, 7) is 0.871. The van der Waals surface area contributed by atoms with E-state index in [1.54, 1.807) is 7.11 Å². The van der Waals surface area contributed by atoms with Crippen molar-refractivity contribution >= 4 is 0 Å². The van der Waals surface area contributed by atoms with E-state index in [1.807, 2.05) is 12.1 Å². The Labute approximate surface area is 119 Å². The molecular weight excluding hydrogens is 248 g/mol. The van der Waals surface area contributed by atoms with Crippen LogP contribution in [0.2, 0.25) is 0 Å². The standard InChI is InChI=1S/C17H20N2O/c1-20-14-5-2-10(6-13(14)8-18)9-19-17-15-11-3-4-12(7-11)16(15)17/h2,5-6,11-12,15-17,19H,3-4,7,9H2,1H3. The molecule has 3 aliphatic carbocycles. The fourth-order valence-corrected chi connectivity index (χ4v) is 4.79. The summed E-state index contributed by atoms with van der Waals surface area (Å²) in [7, 11) is 1.61. The molecule has 20 heavy (non-hydrogen) atoms. The molecule has 3 aliphatic rings. The van der Waals surface area contributed by atoms with Crippen LogP contribution in [0.3, 0.4) is 0 Å². The molecule has 0 amide bonds. The SMILES string of the molecule is COc1ccc(CNC2C3C4CCC(C4)C23)cc1C#N. The molecule has 0 aromatic heterocycles. The highest BCUT2D eigenvalue weighted by atomic mass is 16.5. The van der Waals surface area contributed by atoms with Crippen LogP contribution in [0, 0.1) is 35.0 Å². The minimum absolute atomic E-state index is 0.628. The highest BCUT2D eigenvalue weighted by Gasteiger charge is 2.64. The first-order valence-corrected chi connectivity index (χ1v) is 7.62. The van der Waals surface area contributed by atoms with E-state index in [0.29, 0.717) is 11.3 Å². The molecule has 0 radical (unpaired) electrons. The van der Waals surface area contributed by atoms with E-state index in [4.69, 9.17) is 10.00 Å². The van der Waals surface area contributed by atoms with Crippen LogP contribution >= 0.6 is 0 Å². The summed E-state index contributed by atoms with van der Waals surface area (Å²) in [5.74, 6) is 4.60. The molecule has 4 unspecified atom stereocenters. The maximum atomic E-state index is 9.12. The molecule has 3 heteroatoms. The minimum Gasteiger partial charge on any atom is -0.495 e. The third-order valence-corrected chi connectivity index (χ3v) is 5.66. The molecule has 1 aromatic rings. The van der Waals surface area contributed by atoms with Crippen molar-refractivity contribution in [1.29, 1.82) is 5.26 Å². The molecule has 3 nitrogen and oxygen atoms in total. The highest BCUT2D eigenvalue weighted by Crippen LogP contribution is 2.65. The van der Waals surface area contributed by atoms with Gasteiger partial charge in [0.1, 0.15) is 11.8 Å². The van der Waals surface area contributed by atoms with E-state index in [2.05, 4.69) is 17.5 Å². The van der Waals surface area contributed by atoms with Gasteiger partial charge in [0.25, 0.3) is 0 Å². The van der Waals surface area contributed by atoms with Gasteiger partial charge in [0.2, 0.25) is 0 Å². The van der Waals surface area contributed by atoms with Crippen LogP contribution in [0.25, 0.3) is 0 Å². The zero-order chi connectivity index (χ0) is 13.7. The number of benzene rings is 1. The van der Waals surface area contributed by atoms with Crippen LogP contribution in [0.4, 0.5) is 0 Å². The maximum absolute atomic E-state index is 9.12. The first-order chi connectivity index (χ1) is 9.81. The molecule has 4 rings (SSSR count). The number of hydrogen-bond donors (Lipinski definition) is 1. The Morgan fingerprint density at radius 1 is 1.30 bits per heavy atom. The van der Waals surface area contributed by atoms with E-state index in [-0.39, 0.29) is 0 Å². The lowest BCUT2D eigenvalue weighted by molar-refractivity contribution is 0.413. The summed E-state index contributed by atoms with van der Waals surface area (Å²) in [4.78, 5) is 0. The minimum atomic E-state index is 0.628. The van der Waals surface area contributed by atoms with Crippen LogP contribution < -0.4 is 10.1 Å². The van der Waals surface area contributed by atoms with Gasteiger partial charge in [0.15, 0.2) is 0 Å². The van der Waals surface area contributed by atoms with Crippen molar-refractivity contribution in [1.82, 2.24) is 5.32 Å². The van der Waals surface area contributed by atoms with E-state index in [1.165, 1.54) is 24.8 Å². The number of ether oxygens (including phenoxy) is 1. The lowest BCUT2D eigenvalue weighted by atomic mass is 10.0. The number of nitrogens with zero attached hydrogens (tertiary/aromatic N) is 1. The monoisotopic (exact) mass is 268 g/mol. The lowest BCUT2D eigenvalue weighted by Gasteiger charge is -2.11. The smallest absolute Gasteiger partial charge is 0.136 e. The van der Waals surface area contributed by atoms with Gasteiger partial charge in [-0.2, -0.15) is 5.26 Å². The van der Waals surface area contributed by atoms with Crippen molar-refractivity contribution in [3.05, 3.63) is 29.3 Å². The summed E-state index contributed by atoms with van der Waals surface area (Å²) < 4.78 is 5.18. The van der Waals surface area contributed by atoms with Gasteiger partial charge in [0, 0.05) is 12.6 Å². The average molecular weight is 268 g/mol. The second-order valence-electron chi connectivity index (χ2n) is 6.54. The van der Waals surface area contributed by atoms with Crippen LogP contribution in [0.5, 0.6) is 5.75 Å². The van der Waals surface area contributed by atoms with Crippen molar-refractivity contribution in [2.75, 3.05) is 7.11 Å². The fraction of sp³-hybridized carbons (Fsp3) is 0.588. The quantitative estimate of drug-likeness (QED) is 0.913. The first kappa shape index (κ1) is 12.2. The zero-order valence-corrected chi connectivity index (χ0v) is 11.8. The molecule has 2 bridgehead atoms. The maximum Gasteiger partial charge on any atom is 0.136 e. The molecule has 3 fully saturated rings. The third kappa shape index (κ3) is 1.75. The molecule has 0 heterocycles. The topological polar surface area (TPSA) is 45.0 Å². The first-order valence-electron chi connectivity index (χ1n) is 7.62. The second-order valence-corrected chi connectivity index (χ2v) is 6.54. The van der Waals surface area contributed by atoms with Crippen molar-refractivity contribution in [3.8, 4) is 11.8 Å². The molecule has 0 spiro atoms. The van der Waals surface area contributed by atoms with Gasteiger partial charge in [-0.05, 0) is 60.6 Å². The molecule has 0 saturated heterocycles. The molecular formula is C17H20N2O. The highest BCUT2D eigenvalue weighted by molar-refractivity contribution is 5.45. The van der Waals surface area contributed by atoms with Crippen molar-refractivity contribution < 1.29 is 4.74 Å². The predicted molar refractivity (Wildman–Crippen MR) is 76.1 cm³/mol. The van der Waals surface area contributed by atoms with Crippen LogP contribution in [-0.2, 0) is 6.54 Å². The Bertz CT molecular complexity index is 561. The normalized spacial score (nSPS) is 36.5. The third-order valence-electron chi connectivity index (χ3n) is 5.66. The lowest BCUT2D eigenvalue weighted by Crippen LogP contribution is -2.22. The molecule has 0 aliphatic heterocycles. The molecule has 104 valence electrons.